The van der Waals surface area contributed by atoms with Crippen LogP contribution in [0.5, 0.6) is 0 Å². The maximum atomic E-state index is 12.0. The van der Waals surface area contributed by atoms with E-state index in [-0.39, 0.29) is 6.03 Å². The molecule has 1 aromatic heterocycles. The van der Waals surface area contributed by atoms with Crippen molar-refractivity contribution in [2.45, 2.75) is 44.6 Å². The molecule has 1 aromatic rings. The van der Waals surface area contributed by atoms with Crippen LogP contribution in [0.25, 0.3) is 0 Å². The molecular formula is C12H18N4OS. The van der Waals surface area contributed by atoms with Gasteiger partial charge in [0.1, 0.15) is 5.01 Å². The number of carbonyl (C=O) groups is 1. The summed E-state index contributed by atoms with van der Waals surface area (Å²) in [4.78, 5) is 13.8. The first-order valence-electron chi connectivity index (χ1n) is 6.52. The van der Waals surface area contributed by atoms with Gasteiger partial charge in [0.15, 0.2) is 0 Å². The fourth-order valence-corrected chi connectivity index (χ4v) is 2.94. The van der Waals surface area contributed by atoms with E-state index in [1.54, 1.807) is 4.90 Å². The van der Waals surface area contributed by atoms with Crippen molar-refractivity contribution in [1.29, 1.82) is 0 Å². The van der Waals surface area contributed by atoms with E-state index in [2.05, 4.69) is 22.4 Å². The Hall–Kier alpha value is -1.17. The van der Waals surface area contributed by atoms with Gasteiger partial charge >= 0.3 is 6.03 Å². The first-order chi connectivity index (χ1) is 8.65. The van der Waals surface area contributed by atoms with E-state index in [9.17, 15) is 4.79 Å². The predicted molar refractivity (Wildman–Crippen MR) is 70.9 cm³/mol. The van der Waals surface area contributed by atoms with Crippen molar-refractivity contribution in [2.75, 3.05) is 12.4 Å². The van der Waals surface area contributed by atoms with Crippen LogP contribution in [0.2, 0.25) is 0 Å². The van der Waals surface area contributed by atoms with Crippen LogP contribution in [0.3, 0.4) is 0 Å². The maximum Gasteiger partial charge on any atom is 0.323 e. The molecule has 2 aliphatic carbocycles. The molecule has 0 radical (unpaired) electrons. The third-order valence-electron chi connectivity index (χ3n) is 3.82. The average Bonchev–Trinajstić information content (AvgIpc) is 3.26. The standard InChI is InChI=1S/C12H18N4OS/c1-7(8-3-4-8)16(2)12(17)13-11-15-14-10(18-11)9-5-6-9/h7-9H,3-6H2,1-2H3,(H,13,15,17)/t7-/m0/s1. The summed E-state index contributed by atoms with van der Waals surface area (Å²) in [6, 6.07) is 0.230. The van der Waals surface area contributed by atoms with Crippen LogP contribution in [0.1, 0.15) is 43.5 Å². The Morgan fingerprint density at radius 3 is 2.72 bits per heavy atom. The van der Waals surface area contributed by atoms with Crippen molar-refractivity contribution >= 4 is 22.5 Å². The topological polar surface area (TPSA) is 58.1 Å². The zero-order valence-electron chi connectivity index (χ0n) is 10.7. The molecule has 1 N–H and O–H groups in total. The minimum atomic E-state index is -0.0760. The van der Waals surface area contributed by atoms with E-state index in [4.69, 9.17) is 0 Å². The molecule has 98 valence electrons. The fourth-order valence-electron chi connectivity index (χ4n) is 2.04. The van der Waals surface area contributed by atoms with Crippen molar-refractivity contribution in [2.24, 2.45) is 5.92 Å². The van der Waals surface area contributed by atoms with Crippen LogP contribution >= 0.6 is 11.3 Å². The Morgan fingerprint density at radius 2 is 2.11 bits per heavy atom. The fraction of sp³-hybridized carbons (Fsp3) is 0.750. The highest BCUT2D eigenvalue weighted by molar-refractivity contribution is 7.15. The number of amides is 2. The third-order valence-corrected chi connectivity index (χ3v) is 4.82. The smallest absolute Gasteiger partial charge is 0.323 e. The Morgan fingerprint density at radius 1 is 1.39 bits per heavy atom. The molecule has 2 saturated carbocycles. The lowest BCUT2D eigenvalue weighted by Crippen LogP contribution is -2.39. The number of anilines is 1. The lowest BCUT2D eigenvalue weighted by atomic mass is 10.2. The first kappa shape index (κ1) is 11.9. The maximum absolute atomic E-state index is 12.0. The lowest BCUT2D eigenvalue weighted by molar-refractivity contribution is 0.201. The minimum Gasteiger partial charge on any atom is -0.325 e. The van der Waals surface area contributed by atoms with E-state index in [1.165, 1.54) is 37.0 Å². The molecule has 2 fully saturated rings. The Kier molecular flexibility index (Phi) is 2.97. The summed E-state index contributed by atoms with van der Waals surface area (Å²) in [6.45, 7) is 2.10. The molecule has 0 saturated heterocycles. The van der Waals surface area contributed by atoms with Crippen molar-refractivity contribution in [3.05, 3.63) is 5.01 Å². The zero-order valence-corrected chi connectivity index (χ0v) is 11.5. The lowest BCUT2D eigenvalue weighted by Gasteiger charge is -2.24. The van der Waals surface area contributed by atoms with Crippen LogP contribution in [0.4, 0.5) is 9.93 Å². The Labute approximate surface area is 111 Å². The summed E-state index contributed by atoms with van der Waals surface area (Å²) >= 11 is 1.50. The Balaban J connectivity index is 1.58. The zero-order chi connectivity index (χ0) is 12.7. The normalized spacial score (nSPS) is 20.6. The number of carbonyl (C=O) groups excluding carboxylic acids is 1. The van der Waals surface area contributed by atoms with Gasteiger partial charge in [0, 0.05) is 19.0 Å². The molecule has 6 heteroatoms. The Bertz CT molecular complexity index is 453. The van der Waals surface area contributed by atoms with Gasteiger partial charge in [0.05, 0.1) is 0 Å². The van der Waals surface area contributed by atoms with E-state index in [1.807, 2.05) is 7.05 Å². The van der Waals surface area contributed by atoms with Crippen LogP contribution in [-0.4, -0.2) is 34.2 Å². The summed E-state index contributed by atoms with van der Waals surface area (Å²) in [7, 11) is 1.85. The highest BCUT2D eigenvalue weighted by Gasteiger charge is 2.33. The highest BCUT2D eigenvalue weighted by atomic mass is 32.1. The number of hydrogen-bond acceptors (Lipinski definition) is 4. The molecule has 5 nitrogen and oxygen atoms in total. The summed E-state index contributed by atoms with van der Waals surface area (Å²) in [6.07, 6.45) is 4.90. The largest absolute Gasteiger partial charge is 0.325 e. The van der Waals surface area contributed by atoms with Gasteiger partial charge in [-0.1, -0.05) is 11.3 Å². The second kappa shape index (κ2) is 4.50. The minimum absolute atomic E-state index is 0.0760. The molecule has 0 spiro atoms. The summed E-state index contributed by atoms with van der Waals surface area (Å²) in [5, 5.41) is 12.7. The van der Waals surface area contributed by atoms with Gasteiger partial charge < -0.3 is 4.90 Å². The van der Waals surface area contributed by atoms with E-state index in [0.29, 0.717) is 23.0 Å². The van der Waals surface area contributed by atoms with Gasteiger partial charge in [-0.3, -0.25) is 5.32 Å². The average molecular weight is 266 g/mol. The molecule has 3 rings (SSSR count). The quantitative estimate of drug-likeness (QED) is 0.911. The first-order valence-corrected chi connectivity index (χ1v) is 7.34. The molecule has 1 heterocycles. The second-order valence-electron chi connectivity index (χ2n) is 5.34. The molecule has 0 bridgehead atoms. The number of nitrogens with zero attached hydrogens (tertiary/aromatic N) is 3. The van der Waals surface area contributed by atoms with Gasteiger partial charge in [-0.15, -0.1) is 10.2 Å². The van der Waals surface area contributed by atoms with Gasteiger partial charge in [-0.25, -0.2) is 4.79 Å². The molecular weight excluding hydrogens is 248 g/mol. The number of urea groups is 1. The third kappa shape index (κ3) is 2.48. The molecule has 2 amide bonds. The number of hydrogen-bond donors (Lipinski definition) is 1. The number of aromatic nitrogens is 2. The van der Waals surface area contributed by atoms with E-state index in [0.717, 1.165) is 5.01 Å². The second-order valence-corrected chi connectivity index (χ2v) is 6.35. The predicted octanol–water partition coefficient (Wildman–Crippen LogP) is 2.68. The van der Waals surface area contributed by atoms with E-state index < -0.39 is 0 Å². The summed E-state index contributed by atoms with van der Waals surface area (Å²) < 4.78 is 0. The monoisotopic (exact) mass is 266 g/mol. The van der Waals surface area contributed by atoms with E-state index >= 15 is 0 Å². The van der Waals surface area contributed by atoms with Gasteiger partial charge in [0.2, 0.25) is 5.13 Å². The molecule has 0 aliphatic heterocycles. The number of rotatable bonds is 4. The van der Waals surface area contributed by atoms with Crippen LogP contribution in [0.15, 0.2) is 0 Å². The van der Waals surface area contributed by atoms with Gasteiger partial charge in [0.25, 0.3) is 0 Å². The molecule has 0 aromatic carbocycles. The molecule has 1 atom stereocenters. The van der Waals surface area contributed by atoms with Gasteiger partial charge in [-0.2, -0.15) is 0 Å². The van der Waals surface area contributed by atoms with Gasteiger partial charge in [-0.05, 0) is 38.5 Å². The summed E-state index contributed by atoms with van der Waals surface area (Å²) in [5.74, 6) is 1.27. The SMILES string of the molecule is C[C@@H](C1CC1)N(C)C(=O)Nc1nnc(C2CC2)s1. The molecule has 0 unspecified atom stereocenters. The summed E-state index contributed by atoms with van der Waals surface area (Å²) in [5.41, 5.74) is 0. The van der Waals surface area contributed by atoms with Crippen molar-refractivity contribution in [3.63, 3.8) is 0 Å². The van der Waals surface area contributed by atoms with Crippen LogP contribution in [0, 0.1) is 5.92 Å². The number of nitrogens with one attached hydrogen (secondary N) is 1. The van der Waals surface area contributed by atoms with Crippen LogP contribution < -0.4 is 5.32 Å². The van der Waals surface area contributed by atoms with Crippen molar-refractivity contribution < 1.29 is 4.79 Å². The van der Waals surface area contributed by atoms with Crippen LogP contribution in [-0.2, 0) is 0 Å². The molecule has 18 heavy (non-hydrogen) atoms. The molecule has 2 aliphatic rings. The van der Waals surface area contributed by atoms with Crippen molar-refractivity contribution in [3.8, 4) is 0 Å². The highest BCUT2D eigenvalue weighted by Crippen LogP contribution is 2.42. The van der Waals surface area contributed by atoms with Crippen molar-refractivity contribution in [1.82, 2.24) is 15.1 Å².